The van der Waals surface area contributed by atoms with E-state index >= 15 is 0 Å². The van der Waals surface area contributed by atoms with Gasteiger partial charge in [-0.3, -0.25) is 0 Å². The molecule has 0 aliphatic heterocycles. The Labute approximate surface area is 99.4 Å². The van der Waals surface area contributed by atoms with Crippen molar-refractivity contribution >= 4 is 5.57 Å². The van der Waals surface area contributed by atoms with E-state index in [1.165, 1.54) is 24.8 Å². The first-order chi connectivity index (χ1) is 7.57. The third-order valence-electron chi connectivity index (χ3n) is 3.78. The Morgan fingerprint density at radius 2 is 1.75 bits per heavy atom. The van der Waals surface area contributed by atoms with E-state index in [2.05, 4.69) is 57.2 Å². The van der Waals surface area contributed by atoms with Gasteiger partial charge in [-0.15, -0.1) is 0 Å². The number of hydrogen-bond acceptors (Lipinski definition) is 0. The zero-order valence-corrected chi connectivity index (χ0v) is 10.7. The van der Waals surface area contributed by atoms with Gasteiger partial charge < -0.3 is 0 Å². The Kier molecular flexibility index (Phi) is 3.18. The monoisotopic (exact) mass is 214 g/mol. The van der Waals surface area contributed by atoms with Crippen LogP contribution in [0, 0.1) is 11.3 Å². The van der Waals surface area contributed by atoms with Crippen molar-refractivity contribution in [2.24, 2.45) is 11.3 Å². The molecule has 2 rings (SSSR count). The van der Waals surface area contributed by atoms with Gasteiger partial charge in [-0.2, -0.15) is 0 Å². The zero-order valence-electron chi connectivity index (χ0n) is 10.7. The van der Waals surface area contributed by atoms with Crippen LogP contribution in [0.4, 0.5) is 0 Å². The van der Waals surface area contributed by atoms with Crippen LogP contribution in [0.2, 0.25) is 0 Å². The molecule has 0 radical (unpaired) electrons. The molecule has 0 amide bonds. The van der Waals surface area contributed by atoms with Crippen LogP contribution in [0.25, 0.3) is 5.57 Å². The highest BCUT2D eigenvalue weighted by Gasteiger charge is 2.26. The van der Waals surface area contributed by atoms with E-state index in [0.29, 0.717) is 5.41 Å². The fraction of sp³-hybridized carbons (Fsp3) is 0.500. The first-order valence-electron chi connectivity index (χ1n) is 6.32. The molecule has 16 heavy (non-hydrogen) atoms. The molecule has 0 saturated carbocycles. The van der Waals surface area contributed by atoms with Gasteiger partial charge in [0.15, 0.2) is 0 Å². The van der Waals surface area contributed by atoms with Gasteiger partial charge in [0.25, 0.3) is 0 Å². The normalized spacial score (nSPS) is 21.7. The summed E-state index contributed by atoms with van der Waals surface area (Å²) >= 11 is 0. The minimum atomic E-state index is 0.457. The molecule has 0 spiro atoms. The molecule has 0 heteroatoms. The second-order valence-electron chi connectivity index (χ2n) is 5.93. The van der Waals surface area contributed by atoms with E-state index in [9.17, 15) is 0 Å². The van der Waals surface area contributed by atoms with E-state index in [4.69, 9.17) is 0 Å². The lowest BCUT2D eigenvalue weighted by atomic mass is 9.72. The summed E-state index contributed by atoms with van der Waals surface area (Å²) in [5.74, 6) is 0.847. The van der Waals surface area contributed by atoms with Crippen LogP contribution in [-0.2, 0) is 0 Å². The lowest BCUT2D eigenvalue weighted by Gasteiger charge is -2.33. The average molecular weight is 214 g/mol. The van der Waals surface area contributed by atoms with Gasteiger partial charge in [0, 0.05) is 0 Å². The highest BCUT2D eigenvalue weighted by Crippen LogP contribution is 2.39. The first-order valence-corrected chi connectivity index (χ1v) is 6.32. The molecule has 1 atom stereocenters. The van der Waals surface area contributed by atoms with Crippen molar-refractivity contribution in [1.29, 1.82) is 0 Å². The third-order valence-corrected chi connectivity index (χ3v) is 3.78. The topological polar surface area (TPSA) is 0 Å². The molecular formula is C16H22. The molecule has 86 valence electrons. The molecule has 0 fully saturated rings. The first kappa shape index (κ1) is 11.4. The van der Waals surface area contributed by atoms with Gasteiger partial charge in [0.2, 0.25) is 0 Å². The second kappa shape index (κ2) is 4.45. The molecule has 0 bridgehead atoms. The lowest BCUT2D eigenvalue weighted by molar-refractivity contribution is 0.225. The predicted octanol–water partition coefficient (Wildman–Crippen LogP) is 4.92. The summed E-state index contributed by atoms with van der Waals surface area (Å²) in [6, 6.07) is 10.8. The minimum Gasteiger partial charge on any atom is -0.0804 e. The number of rotatable bonds is 1. The van der Waals surface area contributed by atoms with Crippen molar-refractivity contribution in [2.45, 2.75) is 40.0 Å². The summed E-state index contributed by atoms with van der Waals surface area (Å²) in [6.45, 7) is 7.08. The standard InChI is InChI=1S/C16H22/c1-16(2,3)15-11-9-14(10-12-15)13-7-5-4-6-8-13/h4-9,15H,10-12H2,1-3H3. The summed E-state index contributed by atoms with van der Waals surface area (Å²) in [4.78, 5) is 0. The molecule has 1 aliphatic rings. The van der Waals surface area contributed by atoms with Crippen LogP contribution in [0.5, 0.6) is 0 Å². The maximum absolute atomic E-state index is 2.45. The van der Waals surface area contributed by atoms with Gasteiger partial charge in [0.1, 0.15) is 0 Å². The molecule has 0 heterocycles. The van der Waals surface area contributed by atoms with Crippen molar-refractivity contribution in [3.8, 4) is 0 Å². The summed E-state index contributed by atoms with van der Waals surface area (Å²) in [5, 5.41) is 0. The average Bonchev–Trinajstić information content (AvgIpc) is 2.29. The third kappa shape index (κ3) is 2.55. The fourth-order valence-corrected chi connectivity index (χ4v) is 2.54. The van der Waals surface area contributed by atoms with E-state index in [-0.39, 0.29) is 0 Å². The van der Waals surface area contributed by atoms with Gasteiger partial charge in [-0.25, -0.2) is 0 Å². The van der Waals surface area contributed by atoms with Crippen LogP contribution >= 0.6 is 0 Å². The Bertz CT molecular complexity index is 365. The number of allylic oxidation sites excluding steroid dienone is 2. The molecule has 1 unspecified atom stereocenters. The van der Waals surface area contributed by atoms with Crippen LogP contribution < -0.4 is 0 Å². The van der Waals surface area contributed by atoms with E-state index in [1.807, 2.05) is 0 Å². The smallest absolute Gasteiger partial charge is 0.0228 e. The summed E-state index contributed by atoms with van der Waals surface area (Å²) in [7, 11) is 0. The predicted molar refractivity (Wildman–Crippen MR) is 71.2 cm³/mol. The number of hydrogen-bond donors (Lipinski definition) is 0. The lowest BCUT2D eigenvalue weighted by Crippen LogP contribution is -2.21. The summed E-state index contributed by atoms with van der Waals surface area (Å²) in [6.07, 6.45) is 6.28. The molecule has 1 aliphatic carbocycles. The molecule has 1 aromatic carbocycles. The van der Waals surface area contributed by atoms with Crippen LogP contribution in [0.15, 0.2) is 36.4 Å². The number of benzene rings is 1. The van der Waals surface area contributed by atoms with Crippen molar-refractivity contribution in [2.75, 3.05) is 0 Å². The van der Waals surface area contributed by atoms with Crippen molar-refractivity contribution in [3.63, 3.8) is 0 Å². The minimum absolute atomic E-state index is 0.457. The highest BCUT2D eigenvalue weighted by molar-refractivity contribution is 5.66. The largest absolute Gasteiger partial charge is 0.0804 e. The van der Waals surface area contributed by atoms with Crippen molar-refractivity contribution in [3.05, 3.63) is 42.0 Å². The molecule has 0 saturated heterocycles. The Morgan fingerprint density at radius 3 is 2.25 bits per heavy atom. The van der Waals surface area contributed by atoms with Crippen molar-refractivity contribution < 1.29 is 0 Å². The highest BCUT2D eigenvalue weighted by atomic mass is 14.3. The van der Waals surface area contributed by atoms with E-state index < -0.39 is 0 Å². The molecule has 0 N–H and O–H groups in total. The molecule has 1 aromatic rings. The van der Waals surface area contributed by atoms with Gasteiger partial charge in [-0.1, -0.05) is 57.2 Å². The molecule has 0 aromatic heterocycles. The second-order valence-corrected chi connectivity index (χ2v) is 5.93. The fourth-order valence-electron chi connectivity index (χ4n) is 2.54. The Balaban J connectivity index is 2.10. The summed E-state index contributed by atoms with van der Waals surface area (Å²) in [5.41, 5.74) is 3.41. The Morgan fingerprint density at radius 1 is 1.06 bits per heavy atom. The Hall–Kier alpha value is -1.04. The van der Waals surface area contributed by atoms with Gasteiger partial charge in [0.05, 0.1) is 0 Å². The van der Waals surface area contributed by atoms with Crippen LogP contribution in [0.3, 0.4) is 0 Å². The van der Waals surface area contributed by atoms with Crippen LogP contribution in [-0.4, -0.2) is 0 Å². The van der Waals surface area contributed by atoms with Crippen molar-refractivity contribution in [1.82, 2.24) is 0 Å². The van der Waals surface area contributed by atoms with Crippen LogP contribution in [0.1, 0.15) is 45.6 Å². The van der Waals surface area contributed by atoms with E-state index in [1.54, 1.807) is 5.57 Å². The van der Waals surface area contributed by atoms with Gasteiger partial charge >= 0.3 is 0 Å². The molecule has 0 nitrogen and oxygen atoms in total. The van der Waals surface area contributed by atoms with E-state index in [0.717, 1.165) is 5.92 Å². The maximum Gasteiger partial charge on any atom is -0.0228 e. The SMILES string of the molecule is CC(C)(C)C1CC=C(c2ccccc2)CC1. The van der Waals surface area contributed by atoms with Gasteiger partial charge in [-0.05, 0) is 41.7 Å². The maximum atomic E-state index is 2.45. The quantitative estimate of drug-likeness (QED) is 0.622. The summed E-state index contributed by atoms with van der Waals surface area (Å²) < 4.78 is 0. The molecular weight excluding hydrogens is 192 g/mol. The zero-order chi connectivity index (χ0) is 11.6.